The standard InChI is InChI=1S/C34H33F3N4.C34H31F3N4.C21H24N2.C21H23N2.3ClH.2Ir/c2*1-3-5-32-39-33(41(2)40-32)29-7-4-6-26(22-29)14-12-24-8-10-25(11-9-24)13-15-27-20-21-38-31(23-27)28-16-18-30(19-17-28)34(35,36)37;2*1-15(2)18-11-8-12-19(16(3)4)20(18)23-14-13-22-21(23)17-9-6-5-7-10-17;;;;;/h4,6-11,16-23H,3,5,12-15H2,1-2H3;4,6,8-11,16,18-23H,3,5,12-15H2,1-2H3;5-16H,1-4H3;5-9,11-16H,1-4H3;3*1H;;/q;-2;;-1;;;;2*+3/p-3. The van der Waals surface area contributed by atoms with Gasteiger partial charge in [0.1, 0.15) is 11.6 Å². The van der Waals surface area contributed by atoms with E-state index in [1.807, 2.05) is 90.4 Å². The normalized spacial score (nSPS) is 11.5. The molecular weight excluding hydrogens is 2090 g/mol. The van der Waals surface area contributed by atoms with Crippen LogP contribution in [0.4, 0.5) is 26.3 Å². The number of rotatable bonds is 28. The number of hydrogen-bond acceptors (Lipinski definition) is 8. The summed E-state index contributed by atoms with van der Waals surface area (Å²) in [4.78, 5) is 27.3. The monoisotopic (exact) mass is 2200 g/mol. The van der Waals surface area contributed by atoms with Crippen molar-refractivity contribution in [3.05, 3.63) is 394 Å². The molecule has 0 unspecified atom stereocenters. The molecule has 0 saturated heterocycles. The Hall–Kier alpha value is -11.1. The summed E-state index contributed by atoms with van der Waals surface area (Å²) in [6.07, 6.45) is 13.5. The van der Waals surface area contributed by atoms with Gasteiger partial charge in [-0.15, -0.1) is 101 Å². The second-order valence-electron chi connectivity index (χ2n) is 33.8. The van der Waals surface area contributed by atoms with Crippen molar-refractivity contribution >= 4 is 28.8 Å². The van der Waals surface area contributed by atoms with Gasteiger partial charge in [-0.1, -0.05) is 226 Å². The Morgan fingerprint density at radius 3 is 1.22 bits per heavy atom. The van der Waals surface area contributed by atoms with Crippen molar-refractivity contribution in [3.8, 4) is 79.4 Å². The second kappa shape index (κ2) is 49.3. The van der Waals surface area contributed by atoms with Gasteiger partial charge in [-0.25, -0.2) is 14.6 Å². The van der Waals surface area contributed by atoms with Gasteiger partial charge in [-0.2, -0.15) is 36.5 Å². The number of aromatic nitrogens is 12. The fourth-order valence-corrected chi connectivity index (χ4v) is 15.8. The molecule has 692 valence electrons. The summed E-state index contributed by atoms with van der Waals surface area (Å²) in [5.74, 6) is 7.30. The number of pyridine rings is 2. The minimum absolute atomic E-state index is 0. The van der Waals surface area contributed by atoms with Crippen molar-refractivity contribution in [2.24, 2.45) is 14.1 Å². The van der Waals surface area contributed by atoms with Crippen molar-refractivity contribution < 1.29 is 59.9 Å². The summed E-state index contributed by atoms with van der Waals surface area (Å²) < 4.78 is 85.4. The summed E-state index contributed by atoms with van der Waals surface area (Å²) in [5, 5.41) is 9.06. The molecule has 0 saturated carbocycles. The molecule has 133 heavy (non-hydrogen) atoms. The SMILES string of the molecule is CC(C)c1cccc(C(C)C)c1-n1ccnc1-c1[c-]cccc1.CC(C)c1cccc(C(C)C)c1-n1ccnc1-c1ccccc1.CCCc1nc(-c2[c-]ccc(CCc3ccc(CCc4ccnc(-c5[c-]cc(C(F)(F)F)cc5)c4)cc3)c2)n(C)n1.CCCc1nc(-c2cccc(CCc3ccc(CCc4ccnc(-c5ccc(C(F)(F)F)cc5)c4)cc3)c2)n(C)n1.[Cl][Ir]([Cl])[Cl].[Ir+3]. The van der Waals surface area contributed by atoms with E-state index in [4.69, 9.17) is 33.7 Å². The van der Waals surface area contributed by atoms with Gasteiger partial charge in [0.15, 0.2) is 11.6 Å². The summed E-state index contributed by atoms with van der Waals surface area (Å²) >= 11 is -1.92. The van der Waals surface area contributed by atoms with Crippen LogP contribution in [0.5, 0.6) is 0 Å². The van der Waals surface area contributed by atoms with Gasteiger partial charge < -0.3 is 9.55 Å². The Morgan fingerprint density at radius 2 is 0.752 bits per heavy atom. The van der Waals surface area contributed by atoms with Crippen LogP contribution in [0.15, 0.2) is 286 Å². The first-order chi connectivity index (χ1) is 63.5. The number of aryl methyl sites for hydroxylation is 12. The molecule has 0 aliphatic rings. The van der Waals surface area contributed by atoms with Crippen molar-refractivity contribution in [2.75, 3.05) is 0 Å². The van der Waals surface area contributed by atoms with E-state index in [0.29, 0.717) is 46.2 Å². The zero-order valence-electron chi connectivity index (χ0n) is 76.9. The maximum atomic E-state index is 12.9. The first-order valence-corrected chi connectivity index (χ1v) is 53.6. The van der Waals surface area contributed by atoms with E-state index in [2.05, 4.69) is 296 Å². The topological polar surface area (TPSA) is 123 Å². The number of hydrogen-bond donors (Lipinski definition) is 0. The molecular formula is C110H111Cl3F6Ir2N12. The molecule has 23 heteroatoms. The third kappa shape index (κ3) is 29.0. The average molecular weight is 2210 g/mol. The maximum Gasteiger partial charge on any atom is 3.00 e. The van der Waals surface area contributed by atoms with E-state index >= 15 is 0 Å². The van der Waals surface area contributed by atoms with Crippen LogP contribution < -0.4 is 0 Å². The molecule has 0 amide bonds. The minimum Gasteiger partial charge on any atom is 3.00 e. The smallest absolute Gasteiger partial charge is 3.00 e. The van der Waals surface area contributed by atoms with Crippen LogP contribution in [0.1, 0.15) is 195 Å². The van der Waals surface area contributed by atoms with E-state index in [1.54, 1.807) is 12.4 Å². The first kappa shape index (κ1) is 102. The third-order valence-electron chi connectivity index (χ3n) is 22.7. The fraction of sp³-hybridized carbons (Fsp3) is 0.273. The van der Waals surface area contributed by atoms with Gasteiger partial charge in [-0.3, -0.25) is 24.2 Å². The Morgan fingerprint density at radius 1 is 0.338 bits per heavy atom. The predicted molar refractivity (Wildman–Crippen MR) is 521 cm³/mol. The van der Waals surface area contributed by atoms with E-state index in [1.165, 1.54) is 85.2 Å². The van der Waals surface area contributed by atoms with E-state index in [-0.39, 0.29) is 20.1 Å². The number of halogens is 9. The van der Waals surface area contributed by atoms with Crippen LogP contribution in [0.2, 0.25) is 0 Å². The van der Waals surface area contributed by atoms with E-state index in [9.17, 15) is 26.3 Å². The molecule has 6 aromatic heterocycles. The van der Waals surface area contributed by atoms with Crippen LogP contribution in [0, 0.1) is 18.2 Å². The second-order valence-corrected chi connectivity index (χ2v) is 44.2. The molecule has 0 fully saturated rings. The molecule has 6 heterocycles. The summed E-state index contributed by atoms with van der Waals surface area (Å²) in [6.45, 7) is 22.2. The molecule has 12 nitrogen and oxygen atoms in total. The Labute approximate surface area is 810 Å². The van der Waals surface area contributed by atoms with E-state index < -0.39 is 36.9 Å². The van der Waals surface area contributed by atoms with Crippen LogP contribution in [-0.2, 0) is 124 Å². The zero-order chi connectivity index (χ0) is 94.0. The Kier molecular flexibility index (Phi) is 38.0. The Bertz CT molecular complexity index is 5880. The van der Waals surface area contributed by atoms with Gasteiger partial charge >= 0.3 is 74.7 Å². The quantitative estimate of drug-likeness (QED) is 0.0351. The molecule has 0 N–H and O–H groups in total. The minimum atomic E-state index is -4.37. The number of alkyl halides is 6. The summed E-state index contributed by atoms with van der Waals surface area (Å²) in [5.41, 5.74) is 23.1. The van der Waals surface area contributed by atoms with Gasteiger partial charge in [0.25, 0.3) is 0 Å². The van der Waals surface area contributed by atoms with Crippen molar-refractivity contribution in [3.63, 3.8) is 0 Å². The van der Waals surface area contributed by atoms with Gasteiger partial charge in [-0.05, 0) is 191 Å². The number of benzene rings is 10. The molecule has 10 aromatic carbocycles. The molecule has 0 aliphatic carbocycles. The first-order valence-electron chi connectivity index (χ1n) is 44.7. The molecule has 16 rings (SSSR count). The average Bonchev–Trinajstić information content (AvgIpc) is 1.74. The molecule has 16 aromatic rings. The van der Waals surface area contributed by atoms with Crippen molar-refractivity contribution in [1.82, 2.24) is 58.6 Å². The number of imidazole rings is 2. The van der Waals surface area contributed by atoms with E-state index in [0.717, 1.165) is 170 Å². The Balaban J connectivity index is 0.000000174. The maximum absolute atomic E-state index is 12.9. The largest absolute Gasteiger partial charge is 3.00 e. The fourth-order valence-electron chi connectivity index (χ4n) is 15.8. The van der Waals surface area contributed by atoms with Crippen molar-refractivity contribution in [2.45, 2.75) is 182 Å². The van der Waals surface area contributed by atoms with Crippen LogP contribution >= 0.6 is 28.8 Å². The van der Waals surface area contributed by atoms with Crippen molar-refractivity contribution in [1.29, 1.82) is 0 Å². The number of para-hydroxylation sites is 2. The summed E-state index contributed by atoms with van der Waals surface area (Å²) in [7, 11) is 18.8. The molecule has 0 atom stereocenters. The molecule has 0 spiro atoms. The summed E-state index contributed by atoms with van der Waals surface area (Å²) in [6, 6.07) is 89.6. The predicted octanol–water partition coefficient (Wildman–Crippen LogP) is 29.2. The molecule has 0 aliphatic heterocycles. The number of nitrogens with zero attached hydrogens (tertiary/aromatic N) is 12. The third-order valence-corrected chi connectivity index (χ3v) is 22.7. The molecule has 0 bridgehead atoms. The zero-order valence-corrected chi connectivity index (χ0v) is 83.9. The van der Waals surface area contributed by atoms with Gasteiger partial charge in [0.2, 0.25) is 0 Å². The van der Waals surface area contributed by atoms with Crippen LogP contribution in [0.3, 0.4) is 0 Å². The van der Waals surface area contributed by atoms with Gasteiger partial charge in [0.05, 0.1) is 28.6 Å². The van der Waals surface area contributed by atoms with Gasteiger partial charge in [0, 0.05) is 86.5 Å². The van der Waals surface area contributed by atoms with Crippen LogP contribution in [0.25, 0.3) is 79.4 Å². The van der Waals surface area contributed by atoms with Crippen LogP contribution in [-0.4, -0.2) is 58.6 Å². The molecule has 0 radical (unpaired) electrons.